The first-order valence-corrected chi connectivity index (χ1v) is 16.6. The summed E-state index contributed by atoms with van der Waals surface area (Å²) >= 11 is 1.34. The quantitative estimate of drug-likeness (QED) is 0.160. The van der Waals surface area contributed by atoms with E-state index in [9.17, 15) is 14.4 Å². The van der Waals surface area contributed by atoms with Crippen LogP contribution in [0.25, 0.3) is 22.4 Å². The van der Waals surface area contributed by atoms with E-state index in [4.69, 9.17) is 0 Å². The zero-order chi connectivity index (χ0) is 33.7. The largest absolute Gasteiger partial charge is 0.341 e. The molecule has 0 fully saturated rings. The third-order valence-corrected chi connectivity index (χ3v) is 9.09. The zero-order valence-electron chi connectivity index (χ0n) is 27.6. The molecule has 7 nitrogen and oxygen atoms in total. The second kappa shape index (κ2) is 14.6. The number of carbonyl (C=O) groups excluding carboxylic acids is 3. The molecule has 2 N–H and O–H groups in total. The summed E-state index contributed by atoms with van der Waals surface area (Å²) in [5.74, 6) is -0.337. The van der Waals surface area contributed by atoms with E-state index in [1.54, 1.807) is 24.1 Å². The van der Waals surface area contributed by atoms with Crippen molar-refractivity contribution < 1.29 is 14.4 Å². The third-order valence-electron chi connectivity index (χ3n) is 8.33. The lowest BCUT2D eigenvalue weighted by Crippen LogP contribution is -2.43. The molecule has 240 valence electrons. The van der Waals surface area contributed by atoms with Crippen molar-refractivity contribution in [3.05, 3.63) is 130 Å². The van der Waals surface area contributed by atoms with Gasteiger partial charge in [-0.05, 0) is 72.7 Å². The molecule has 1 aromatic heterocycles. The fourth-order valence-corrected chi connectivity index (χ4v) is 6.02. The van der Waals surface area contributed by atoms with Crippen molar-refractivity contribution >= 4 is 34.2 Å². The summed E-state index contributed by atoms with van der Waals surface area (Å²) in [5, 5.41) is 8.25. The topological polar surface area (TPSA) is 91.4 Å². The Morgan fingerprint density at radius 1 is 0.745 bits per heavy atom. The Morgan fingerprint density at radius 3 is 2.04 bits per heavy atom. The van der Waals surface area contributed by atoms with Gasteiger partial charge in [0, 0.05) is 35.2 Å². The molecular formula is C39H40N4O3S. The minimum atomic E-state index is -0.811. The number of amides is 3. The number of nitrogens with zero attached hydrogens (tertiary/aromatic N) is 2. The maximum absolute atomic E-state index is 13.5. The summed E-state index contributed by atoms with van der Waals surface area (Å²) < 4.78 is 0. The molecule has 47 heavy (non-hydrogen) atoms. The predicted molar refractivity (Wildman–Crippen MR) is 191 cm³/mol. The maximum atomic E-state index is 13.5. The van der Waals surface area contributed by atoms with Crippen molar-refractivity contribution in [2.24, 2.45) is 0 Å². The molecular weight excluding hydrogens is 605 g/mol. The molecule has 4 aromatic carbocycles. The number of hydrogen-bond donors (Lipinski definition) is 2. The number of rotatable bonds is 10. The van der Waals surface area contributed by atoms with Crippen LogP contribution in [0.2, 0.25) is 0 Å². The number of likely N-dealkylation sites (N-methyl/N-ethyl adjacent to an activating group) is 1. The Hall–Kier alpha value is -5.08. The number of carbonyl (C=O) groups is 3. The van der Waals surface area contributed by atoms with Crippen LogP contribution < -0.4 is 10.6 Å². The molecule has 5 aromatic rings. The highest BCUT2D eigenvalue weighted by Crippen LogP contribution is 2.31. The Bertz CT molecular complexity index is 1860. The van der Waals surface area contributed by atoms with Crippen LogP contribution in [0.15, 0.2) is 102 Å². The Kier molecular flexibility index (Phi) is 10.3. The van der Waals surface area contributed by atoms with Crippen LogP contribution in [-0.2, 0) is 4.79 Å². The number of nitrogens with one attached hydrogen (secondary N) is 2. The fourth-order valence-electron chi connectivity index (χ4n) is 5.30. The monoisotopic (exact) mass is 644 g/mol. The number of benzene rings is 4. The van der Waals surface area contributed by atoms with Crippen LogP contribution >= 0.6 is 11.3 Å². The Morgan fingerprint density at radius 2 is 1.40 bits per heavy atom. The lowest BCUT2D eigenvalue weighted by molar-refractivity contribution is -0.133. The highest BCUT2D eigenvalue weighted by molar-refractivity contribution is 7.14. The predicted octanol–water partition coefficient (Wildman–Crippen LogP) is 8.50. The molecule has 0 aliphatic rings. The van der Waals surface area contributed by atoms with E-state index in [2.05, 4.69) is 53.7 Å². The average molecular weight is 645 g/mol. The molecule has 0 aliphatic heterocycles. The highest BCUT2D eigenvalue weighted by Gasteiger charge is 2.27. The first-order chi connectivity index (χ1) is 22.5. The minimum Gasteiger partial charge on any atom is -0.341 e. The number of aromatic nitrogens is 1. The van der Waals surface area contributed by atoms with Gasteiger partial charge in [0.25, 0.3) is 11.8 Å². The van der Waals surface area contributed by atoms with Crippen LogP contribution in [-0.4, -0.2) is 40.7 Å². The van der Waals surface area contributed by atoms with Crippen LogP contribution in [0.3, 0.4) is 0 Å². The van der Waals surface area contributed by atoms with E-state index < -0.39 is 6.04 Å². The van der Waals surface area contributed by atoms with E-state index >= 15 is 0 Å². The molecule has 0 unspecified atom stereocenters. The van der Waals surface area contributed by atoms with Crippen LogP contribution in [0.5, 0.6) is 0 Å². The van der Waals surface area contributed by atoms with Gasteiger partial charge in [-0.1, -0.05) is 92.7 Å². The number of anilines is 1. The fraction of sp³-hybridized carbons (Fsp3) is 0.231. The first kappa shape index (κ1) is 33.3. The molecule has 5 rings (SSSR count). The normalized spacial score (nSPS) is 11.7. The van der Waals surface area contributed by atoms with Crippen molar-refractivity contribution in [1.82, 2.24) is 15.2 Å². The molecule has 0 radical (unpaired) electrons. The molecule has 0 aliphatic carbocycles. The summed E-state index contributed by atoms with van der Waals surface area (Å²) in [6, 6.07) is 29.6. The van der Waals surface area contributed by atoms with E-state index in [0.29, 0.717) is 33.4 Å². The van der Waals surface area contributed by atoms with Gasteiger partial charge in [-0.2, -0.15) is 0 Å². The summed E-state index contributed by atoms with van der Waals surface area (Å²) in [6.45, 7) is 10.2. The van der Waals surface area contributed by atoms with Gasteiger partial charge in [0.1, 0.15) is 6.04 Å². The second-order valence-electron chi connectivity index (χ2n) is 12.2. The van der Waals surface area contributed by atoms with Gasteiger partial charge in [-0.25, -0.2) is 4.98 Å². The molecule has 3 amide bonds. The molecule has 1 heterocycles. The third kappa shape index (κ3) is 7.67. The Labute approximate surface area is 280 Å². The molecule has 0 saturated carbocycles. The van der Waals surface area contributed by atoms with Gasteiger partial charge >= 0.3 is 0 Å². The molecule has 0 saturated heterocycles. The van der Waals surface area contributed by atoms with E-state index in [0.717, 1.165) is 22.3 Å². The van der Waals surface area contributed by atoms with Crippen LogP contribution in [0.1, 0.15) is 77.1 Å². The molecule has 0 bridgehead atoms. The van der Waals surface area contributed by atoms with Crippen molar-refractivity contribution in [3.8, 4) is 22.4 Å². The lowest BCUT2D eigenvalue weighted by Gasteiger charge is -2.27. The van der Waals surface area contributed by atoms with Crippen LogP contribution in [0, 0.1) is 6.92 Å². The number of aryl methyl sites for hydroxylation is 1. The van der Waals surface area contributed by atoms with Gasteiger partial charge in [0.15, 0.2) is 5.13 Å². The summed E-state index contributed by atoms with van der Waals surface area (Å²) in [7, 11) is 1.74. The SMILES string of the molecule is Cc1cccc(C(=O)Nc2nc(-c3ccc(C(=O)N[C@H](C(=O)N(C)C(C)C)c4ccccc4)cc3)cs2)c1-c1ccc(C(C)C)cc1. The number of hydrogen-bond acceptors (Lipinski definition) is 5. The second-order valence-corrected chi connectivity index (χ2v) is 13.1. The van der Waals surface area contributed by atoms with Crippen molar-refractivity contribution in [2.45, 2.75) is 52.6 Å². The van der Waals surface area contributed by atoms with Crippen molar-refractivity contribution in [2.75, 3.05) is 12.4 Å². The van der Waals surface area contributed by atoms with Gasteiger partial charge in [0.2, 0.25) is 5.91 Å². The smallest absolute Gasteiger partial charge is 0.258 e. The highest BCUT2D eigenvalue weighted by atomic mass is 32.1. The van der Waals surface area contributed by atoms with E-state index in [-0.39, 0.29) is 23.8 Å². The van der Waals surface area contributed by atoms with Crippen molar-refractivity contribution in [3.63, 3.8) is 0 Å². The van der Waals surface area contributed by atoms with E-state index in [1.165, 1.54) is 16.9 Å². The van der Waals surface area contributed by atoms with Crippen LogP contribution in [0.4, 0.5) is 5.13 Å². The zero-order valence-corrected chi connectivity index (χ0v) is 28.4. The summed E-state index contributed by atoms with van der Waals surface area (Å²) in [6.07, 6.45) is 0. The number of thiazole rings is 1. The summed E-state index contributed by atoms with van der Waals surface area (Å²) in [5.41, 5.74) is 7.37. The van der Waals surface area contributed by atoms with E-state index in [1.807, 2.05) is 86.8 Å². The standard InChI is InChI=1S/C39H40N4O3S/c1-24(2)27-15-19-29(20-16-27)34-26(5)11-10-14-32(34)37(45)42-39-40-33(23-47-39)28-17-21-31(22-18-28)36(44)41-35(30-12-8-7-9-13-30)38(46)43(6)25(3)4/h7-25,35H,1-6H3,(H,41,44)(H,40,42,45)/t35-/m0/s1. The first-order valence-electron chi connectivity index (χ1n) is 15.7. The molecule has 0 spiro atoms. The van der Waals surface area contributed by atoms with Gasteiger partial charge in [-0.3, -0.25) is 19.7 Å². The van der Waals surface area contributed by atoms with Gasteiger partial charge in [0.05, 0.1) is 5.69 Å². The molecule has 8 heteroatoms. The van der Waals surface area contributed by atoms with Gasteiger partial charge < -0.3 is 10.2 Å². The molecule has 1 atom stereocenters. The minimum absolute atomic E-state index is 0.0153. The summed E-state index contributed by atoms with van der Waals surface area (Å²) in [4.78, 5) is 46.4. The van der Waals surface area contributed by atoms with Gasteiger partial charge in [-0.15, -0.1) is 11.3 Å². The maximum Gasteiger partial charge on any atom is 0.258 e. The average Bonchev–Trinajstić information content (AvgIpc) is 3.55. The lowest BCUT2D eigenvalue weighted by atomic mass is 9.92. The Balaban J connectivity index is 1.30. The van der Waals surface area contributed by atoms with Crippen molar-refractivity contribution in [1.29, 1.82) is 0 Å².